The summed E-state index contributed by atoms with van der Waals surface area (Å²) < 4.78 is 0. The van der Waals surface area contributed by atoms with Crippen molar-refractivity contribution in [3.05, 3.63) is 24.3 Å². The van der Waals surface area contributed by atoms with Crippen molar-refractivity contribution in [2.24, 2.45) is 0 Å². The Labute approximate surface area is 68.7 Å². The van der Waals surface area contributed by atoms with Crippen molar-refractivity contribution in [2.45, 2.75) is 10.2 Å². The van der Waals surface area contributed by atoms with Gasteiger partial charge in [-0.25, -0.2) is 0 Å². The van der Waals surface area contributed by atoms with Gasteiger partial charge in [0.2, 0.25) is 0 Å². The van der Waals surface area contributed by atoms with Crippen LogP contribution in [-0.2, 0) is 17.1 Å². The minimum absolute atomic E-state index is 0. The fourth-order valence-electron chi connectivity index (χ4n) is 0.839. The van der Waals surface area contributed by atoms with Crippen LogP contribution in [-0.4, -0.2) is 15.3 Å². The molecule has 0 bridgehead atoms. The first-order valence-electron chi connectivity index (χ1n) is 2.57. The van der Waals surface area contributed by atoms with Gasteiger partial charge in [0.25, 0.3) is 0 Å². The molecular weight excluding hydrogens is 175 g/mol. The van der Waals surface area contributed by atoms with Gasteiger partial charge in [0.05, 0.1) is 5.25 Å². The molecule has 3 heteroatoms. The van der Waals surface area contributed by atoms with Crippen molar-refractivity contribution in [1.29, 1.82) is 0 Å². The summed E-state index contributed by atoms with van der Waals surface area (Å²) in [5.41, 5.74) is 0. The third kappa shape index (κ3) is 1.10. The molecule has 9 heavy (non-hydrogen) atoms. The van der Waals surface area contributed by atoms with E-state index in [9.17, 15) is 5.11 Å². The Hall–Kier alpha value is 0.309. The molecule has 1 aliphatic heterocycles. The molecule has 2 atom stereocenters. The van der Waals surface area contributed by atoms with Crippen molar-refractivity contribution in [3.63, 3.8) is 0 Å². The van der Waals surface area contributed by atoms with Gasteiger partial charge in [0.15, 0.2) is 0 Å². The van der Waals surface area contributed by atoms with E-state index in [0.717, 1.165) is 0 Å². The Morgan fingerprint density at radius 1 is 1.44 bits per heavy atom. The molecule has 0 aromatic rings. The third-order valence-corrected chi connectivity index (χ3v) is 2.68. The van der Waals surface area contributed by atoms with E-state index in [1.807, 2.05) is 24.3 Å². The summed E-state index contributed by atoms with van der Waals surface area (Å²) in [5, 5.41) is 9.63. The smallest absolute Gasteiger partial charge is 0.145 e. The second-order valence-electron chi connectivity index (χ2n) is 2.03. The number of allylic oxidation sites excluding steroid dienone is 2. The van der Waals surface area contributed by atoms with E-state index in [2.05, 4.69) is 0 Å². The first-order valence-corrected chi connectivity index (χ1v) is 3.45. The van der Waals surface area contributed by atoms with E-state index in [1.165, 1.54) is 0 Å². The number of hydrogen-bond donors (Lipinski definition) is 1. The van der Waals surface area contributed by atoms with Crippen molar-refractivity contribution in [3.8, 4) is 0 Å². The molecule has 0 saturated carbocycles. The zero-order valence-electron chi connectivity index (χ0n) is 4.62. The maximum Gasteiger partial charge on any atom is 0.145 e. The molecule has 1 heterocycles. The molecule has 1 aliphatic carbocycles. The van der Waals surface area contributed by atoms with Crippen LogP contribution in [0.3, 0.4) is 0 Å². The van der Waals surface area contributed by atoms with Crippen LogP contribution in [0.2, 0.25) is 0 Å². The summed E-state index contributed by atoms with van der Waals surface area (Å²) in [6, 6.07) is 0. The Morgan fingerprint density at radius 2 is 2.22 bits per heavy atom. The van der Waals surface area contributed by atoms with Gasteiger partial charge in [0, 0.05) is 17.1 Å². The van der Waals surface area contributed by atoms with E-state index in [-0.39, 0.29) is 17.1 Å². The molecule has 49 valence electrons. The number of rotatable bonds is 0. The van der Waals surface area contributed by atoms with Gasteiger partial charge >= 0.3 is 0 Å². The van der Waals surface area contributed by atoms with E-state index in [0.29, 0.717) is 5.25 Å². The van der Waals surface area contributed by atoms with Gasteiger partial charge in [-0.15, -0.1) is 11.8 Å². The molecule has 0 amide bonds. The van der Waals surface area contributed by atoms with E-state index in [4.69, 9.17) is 0 Å². The summed E-state index contributed by atoms with van der Waals surface area (Å²) in [6.07, 6.45) is 7.71. The molecule has 2 rings (SSSR count). The first kappa shape index (κ1) is 7.42. The van der Waals surface area contributed by atoms with E-state index < -0.39 is 4.93 Å². The molecule has 0 aromatic heterocycles. The largest absolute Gasteiger partial charge is 0.374 e. The monoisotopic (exact) mass is 181 g/mol. The van der Waals surface area contributed by atoms with Crippen molar-refractivity contribution in [1.82, 2.24) is 0 Å². The molecule has 1 radical (unpaired) electrons. The summed E-state index contributed by atoms with van der Waals surface area (Å²) in [5.74, 6) is 0. The average molecular weight is 181 g/mol. The number of aliphatic hydroxyl groups is 1. The van der Waals surface area contributed by atoms with Gasteiger partial charge < -0.3 is 5.11 Å². The van der Waals surface area contributed by atoms with Crippen LogP contribution < -0.4 is 0 Å². The Kier molecular flexibility index (Phi) is 1.79. The number of fused-ring (bicyclic) bond motifs is 1. The molecule has 2 unspecified atom stereocenters. The van der Waals surface area contributed by atoms with Crippen LogP contribution in [0.5, 0.6) is 0 Å². The van der Waals surface area contributed by atoms with Crippen molar-refractivity contribution in [2.75, 3.05) is 0 Å². The summed E-state index contributed by atoms with van der Waals surface area (Å²) in [7, 11) is 0. The maximum absolute atomic E-state index is 9.27. The molecule has 0 aromatic carbocycles. The quantitative estimate of drug-likeness (QED) is 0.443. The summed E-state index contributed by atoms with van der Waals surface area (Å²) in [6.45, 7) is 0. The molecule has 0 spiro atoms. The summed E-state index contributed by atoms with van der Waals surface area (Å²) in [4.78, 5) is -0.505. The Balaban J connectivity index is 0.000000405. The van der Waals surface area contributed by atoms with Crippen LogP contribution in [0.4, 0.5) is 0 Å². The average Bonchev–Trinajstić information content (AvgIpc) is 2.39. The fourth-order valence-corrected chi connectivity index (χ4v) is 1.66. The standard InChI is InChI=1S/C6H6OS.Mn/c7-6-4-2-1-3-5(6)8-6;/h1-5,7H;. The first-order chi connectivity index (χ1) is 3.81. The minimum atomic E-state index is -0.505. The zero-order valence-corrected chi connectivity index (χ0v) is 6.62. The van der Waals surface area contributed by atoms with Crippen LogP contribution >= 0.6 is 11.8 Å². The van der Waals surface area contributed by atoms with Gasteiger partial charge in [-0.1, -0.05) is 18.2 Å². The third-order valence-electron chi connectivity index (χ3n) is 1.40. The van der Waals surface area contributed by atoms with Crippen molar-refractivity contribution >= 4 is 11.8 Å². The molecule has 1 saturated heterocycles. The molecular formula is C6H6MnOS. The molecule has 2 aliphatic rings. The molecule has 1 nitrogen and oxygen atoms in total. The van der Waals surface area contributed by atoms with E-state index >= 15 is 0 Å². The summed E-state index contributed by atoms with van der Waals surface area (Å²) >= 11 is 1.58. The van der Waals surface area contributed by atoms with Gasteiger partial charge in [-0.2, -0.15) is 0 Å². The number of hydrogen-bond acceptors (Lipinski definition) is 2. The Morgan fingerprint density at radius 3 is 2.67 bits per heavy atom. The zero-order chi connectivity index (χ0) is 5.61. The minimum Gasteiger partial charge on any atom is -0.374 e. The van der Waals surface area contributed by atoms with Gasteiger partial charge in [-0.3, -0.25) is 0 Å². The predicted octanol–water partition coefficient (Wildman–Crippen LogP) is 0.914. The van der Waals surface area contributed by atoms with Gasteiger partial charge in [-0.05, 0) is 6.08 Å². The topological polar surface area (TPSA) is 20.2 Å². The normalized spacial score (nSPS) is 43.4. The molecule has 1 fully saturated rings. The Bertz CT molecular complexity index is 178. The van der Waals surface area contributed by atoms with Gasteiger partial charge in [0.1, 0.15) is 4.93 Å². The van der Waals surface area contributed by atoms with Crippen LogP contribution in [0.15, 0.2) is 24.3 Å². The van der Waals surface area contributed by atoms with E-state index in [1.54, 1.807) is 11.8 Å². The second-order valence-corrected chi connectivity index (χ2v) is 3.43. The second kappa shape index (κ2) is 2.17. The molecule has 1 N–H and O–H groups in total. The SMILES string of the molecule is OC12C=CC=CC1S2.[Mn]. The van der Waals surface area contributed by atoms with Crippen molar-refractivity contribution < 1.29 is 22.2 Å². The number of thioether (sulfide) groups is 1. The van der Waals surface area contributed by atoms with Crippen LogP contribution in [0.1, 0.15) is 0 Å². The predicted molar refractivity (Wildman–Crippen MR) is 34.6 cm³/mol. The van der Waals surface area contributed by atoms with Crippen LogP contribution in [0.25, 0.3) is 0 Å². The fraction of sp³-hybridized carbons (Fsp3) is 0.333. The van der Waals surface area contributed by atoms with Crippen LogP contribution in [0, 0.1) is 0 Å². The maximum atomic E-state index is 9.27.